The van der Waals surface area contributed by atoms with Gasteiger partial charge < -0.3 is 10.4 Å². The zero-order valence-electron chi connectivity index (χ0n) is 8.25. The van der Waals surface area contributed by atoms with Crippen LogP contribution in [0, 0.1) is 18.3 Å². The highest BCUT2D eigenvalue weighted by atomic mass is 16.3. The summed E-state index contributed by atoms with van der Waals surface area (Å²) in [4.78, 5) is 0. The monoisotopic (exact) mass is 190 g/mol. The van der Waals surface area contributed by atoms with Gasteiger partial charge in [0.05, 0.1) is 11.6 Å². The predicted octanol–water partition coefficient (Wildman–Crippen LogP) is 1.66. The summed E-state index contributed by atoms with van der Waals surface area (Å²) in [5.74, 6) is 0. The van der Waals surface area contributed by atoms with Crippen molar-refractivity contribution in [2.24, 2.45) is 0 Å². The molecule has 1 aromatic carbocycles. The van der Waals surface area contributed by atoms with E-state index in [2.05, 4.69) is 11.4 Å². The van der Waals surface area contributed by atoms with Gasteiger partial charge >= 0.3 is 0 Å². The van der Waals surface area contributed by atoms with Crippen LogP contribution in [0.2, 0.25) is 0 Å². The molecule has 0 spiro atoms. The summed E-state index contributed by atoms with van der Waals surface area (Å²) in [6.07, 6.45) is 0.718. The lowest BCUT2D eigenvalue weighted by Crippen LogP contribution is -2.04. The summed E-state index contributed by atoms with van der Waals surface area (Å²) in [7, 11) is 0. The Morgan fingerprint density at radius 3 is 2.93 bits per heavy atom. The van der Waals surface area contributed by atoms with Crippen LogP contribution in [0.5, 0.6) is 0 Å². The number of aliphatic hydroxyl groups is 1. The molecule has 74 valence electrons. The molecule has 1 rings (SSSR count). The van der Waals surface area contributed by atoms with E-state index >= 15 is 0 Å². The van der Waals surface area contributed by atoms with E-state index < -0.39 is 0 Å². The van der Waals surface area contributed by atoms with Crippen molar-refractivity contribution in [3.63, 3.8) is 0 Å². The topological polar surface area (TPSA) is 56.0 Å². The van der Waals surface area contributed by atoms with Gasteiger partial charge in [0, 0.05) is 18.8 Å². The van der Waals surface area contributed by atoms with Gasteiger partial charge in [0.15, 0.2) is 0 Å². The van der Waals surface area contributed by atoms with Crippen molar-refractivity contribution >= 4 is 5.69 Å². The number of hydrogen-bond donors (Lipinski definition) is 2. The molecule has 1 aromatic rings. The van der Waals surface area contributed by atoms with Crippen LogP contribution >= 0.6 is 0 Å². The molecule has 0 saturated heterocycles. The van der Waals surface area contributed by atoms with Gasteiger partial charge in [-0.15, -0.1) is 0 Å². The average Bonchev–Trinajstić information content (AvgIpc) is 2.21. The van der Waals surface area contributed by atoms with Gasteiger partial charge in [-0.25, -0.2) is 0 Å². The number of nitriles is 1. The maximum atomic E-state index is 8.71. The van der Waals surface area contributed by atoms with E-state index in [0.717, 1.165) is 24.2 Å². The van der Waals surface area contributed by atoms with Gasteiger partial charge in [0.1, 0.15) is 0 Å². The smallest absolute Gasteiger partial charge is 0.0992 e. The van der Waals surface area contributed by atoms with Crippen molar-refractivity contribution in [2.75, 3.05) is 18.5 Å². The number of nitrogens with zero attached hydrogens (tertiary/aromatic N) is 1. The standard InChI is InChI=1S/C11H14N2O/c1-9-3-4-10(8-12)7-11(9)13-5-2-6-14/h3-4,7,13-14H,2,5-6H2,1H3. The van der Waals surface area contributed by atoms with E-state index in [4.69, 9.17) is 10.4 Å². The zero-order valence-corrected chi connectivity index (χ0v) is 8.25. The fourth-order valence-electron chi connectivity index (χ4n) is 1.18. The lowest BCUT2D eigenvalue weighted by atomic mass is 10.1. The molecule has 0 saturated carbocycles. The number of benzene rings is 1. The molecule has 0 aliphatic rings. The molecule has 0 heterocycles. The summed E-state index contributed by atoms with van der Waals surface area (Å²) in [5.41, 5.74) is 2.74. The van der Waals surface area contributed by atoms with Gasteiger partial charge in [-0.3, -0.25) is 0 Å². The predicted molar refractivity (Wildman–Crippen MR) is 56.1 cm³/mol. The number of rotatable bonds is 4. The molecule has 0 radical (unpaired) electrons. The van der Waals surface area contributed by atoms with E-state index in [9.17, 15) is 0 Å². The molecule has 0 amide bonds. The SMILES string of the molecule is Cc1ccc(C#N)cc1NCCCO. The molecule has 0 atom stereocenters. The van der Waals surface area contributed by atoms with Crippen LogP contribution in [0.15, 0.2) is 18.2 Å². The first-order chi connectivity index (χ1) is 6.77. The molecule has 0 aliphatic heterocycles. The van der Waals surface area contributed by atoms with E-state index in [0.29, 0.717) is 5.56 Å². The molecule has 0 aliphatic carbocycles. The minimum Gasteiger partial charge on any atom is -0.396 e. The van der Waals surface area contributed by atoms with Crippen LogP contribution in [-0.2, 0) is 0 Å². The number of hydrogen-bond acceptors (Lipinski definition) is 3. The molecule has 14 heavy (non-hydrogen) atoms. The van der Waals surface area contributed by atoms with Crippen LogP contribution in [0.3, 0.4) is 0 Å². The molecule has 0 fully saturated rings. The minimum atomic E-state index is 0.185. The van der Waals surface area contributed by atoms with Crippen molar-refractivity contribution < 1.29 is 5.11 Å². The molecular formula is C11H14N2O. The maximum absolute atomic E-state index is 8.71. The largest absolute Gasteiger partial charge is 0.396 e. The Morgan fingerprint density at radius 1 is 1.50 bits per heavy atom. The molecule has 0 unspecified atom stereocenters. The summed E-state index contributed by atoms with van der Waals surface area (Å²) in [5, 5.41) is 20.5. The Bertz CT molecular complexity index is 342. The Morgan fingerprint density at radius 2 is 2.29 bits per heavy atom. The Hall–Kier alpha value is -1.53. The Balaban J connectivity index is 2.70. The fraction of sp³-hybridized carbons (Fsp3) is 0.364. The highest BCUT2D eigenvalue weighted by Crippen LogP contribution is 2.16. The Labute approximate surface area is 84.0 Å². The number of aryl methyl sites for hydroxylation is 1. The fourth-order valence-corrected chi connectivity index (χ4v) is 1.18. The van der Waals surface area contributed by atoms with Crippen molar-refractivity contribution in [3.05, 3.63) is 29.3 Å². The molecular weight excluding hydrogens is 176 g/mol. The van der Waals surface area contributed by atoms with Crippen LogP contribution in [0.4, 0.5) is 5.69 Å². The Kier molecular flexibility index (Phi) is 3.96. The summed E-state index contributed by atoms with van der Waals surface area (Å²) in [6, 6.07) is 7.64. The minimum absolute atomic E-state index is 0.185. The number of anilines is 1. The molecule has 0 aromatic heterocycles. The number of nitrogens with one attached hydrogen (secondary N) is 1. The molecule has 3 heteroatoms. The zero-order chi connectivity index (χ0) is 10.4. The second kappa shape index (κ2) is 5.25. The van der Waals surface area contributed by atoms with Gasteiger partial charge in [-0.1, -0.05) is 6.07 Å². The lowest BCUT2D eigenvalue weighted by molar-refractivity contribution is 0.292. The van der Waals surface area contributed by atoms with E-state index in [1.54, 1.807) is 6.07 Å². The van der Waals surface area contributed by atoms with Crippen molar-refractivity contribution in [2.45, 2.75) is 13.3 Å². The quantitative estimate of drug-likeness (QED) is 0.710. The summed E-state index contributed by atoms with van der Waals surface area (Å²) < 4.78 is 0. The normalized spacial score (nSPS) is 9.50. The number of aliphatic hydroxyl groups excluding tert-OH is 1. The van der Waals surface area contributed by atoms with E-state index in [1.807, 2.05) is 19.1 Å². The van der Waals surface area contributed by atoms with Crippen molar-refractivity contribution in [1.82, 2.24) is 0 Å². The molecule has 3 nitrogen and oxygen atoms in total. The van der Waals surface area contributed by atoms with Gasteiger partial charge in [0.2, 0.25) is 0 Å². The van der Waals surface area contributed by atoms with Crippen molar-refractivity contribution in [1.29, 1.82) is 5.26 Å². The van der Waals surface area contributed by atoms with Crippen LogP contribution in [0.25, 0.3) is 0 Å². The summed E-state index contributed by atoms with van der Waals surface area (Å²) >= 11 is 0. The molecule has 0 bridgehead atoms. The van der Waals surface area contributed by atoms with Crippen LogP contribution in [-0.4, -0.2) is 18.3 Å². The first-order valence-electron chi connectivity index (χ1n) is 4.63. The van der Waals surface area contributed by atoms with Gasteiger partial charge in [-0.05, 0) is 31.0 Å². The summed E-state index contributed by atoms with van der Waals surface area (Å²) in [6.45, 7) is 2.90. The third-order valence-electron chi connectivity index (χ3n) is 2.02. The highest BCUT2D eigenvalue weighted by Gasteiger charge is 1.98. The van der Waals surface area contributed by atoms with E-state index in [-0.39, 0.29) is 6.61 Å². The maximum Gasteiger partial charge on any atom is 0.0992 e. The first kappa shape index (κ1) is 10.6. The van der Waals surface area contributed by atoms with Crippen molar-refractivity contribution in [3.8, 4) is 6.07 Å². The highest BCUT2D eigenvalue weighted by molar-refractivity contribution is 5.55. The average molecular weight is 190 g/mol. The second-order valence-electron chi connectivity index (χ2n) is 3.15. The third kappa shape index (κ3) is 2.75. The second-order valence-corrected chi connectivity index (χ2v) is 3.15. The first-order valence-corrected chi connectivity index (χ1v) is 4.63. The van der Waals surface area contributed by atoms with E-state index in [1.165, 1.54) is 0 Å². The molecule has 2 N–H and O–H groups in total. The third-order valence-corrected chi connectivity index (χ3v) is 2.02. The van der Waals surface area contributed by atoms with Crippen LogP contribution < -0.4 is 5.32 Å². The van der Waals surface area contributed by atoms with Gasteiger partial charge in [0.25, 0.3) is 0 Å². The van der Waals surface area contributed by atoms with Gasteiger partial charge in [-0.2, -0.15) is 5.26 Å². The lowest BCUT2D eigenvalue weighted by Gasteiger charge is -2.08. The van der Waals surface area contributed by atoms with Crippen LogP contribution in [0.1, 0.15) is 17.5 Å².